The highest BCUT2D eigenvalue weighted by atomic mass is 16.4. The van der Waals surface area contributed by atoms with Gasteiger partial charge in [-0.05, 0) is 45.9 Å². The van der Waals surface area contributed by atoms with E-state index in [0.717, 1.165) is 0 Å². The number of oxazole rings is 1. The highest BCUT2D eigenvalue weighted by Crippen LogP contribution is 2.23. The fraction of sp³-hybridized carbons (Fsp3) is 0.400. The van der Waals surface area contributed by atoms with Gasteiger partial charge in [0.25, 0.3) is 5.91 Å². The lowest BCUT2D eigenvalue weighted by molar-refractivity contribution is 0.0725. The number of amides is 1. The average molecular weight is 383 g/mol. The third kappa shape index (κ3) is 4.12. The van der Waals surface area contributed by atoms with Crippen LogP contribution in [0, 0.1) is 6.92 Å². The Balaban J connectivity index is 1.77. The summed E-state index contributed by atoms with van der Waals surface area (Å²) in [6.07, 6.45) is 5.49. The summed E-state index contributed by atoms with van der Waals surface area (Å²) < 4.78 is 7.25. The molecule has 0 bridgehead atoms. The van der Waals surface area contributed by atoms with Crippen molar-refractivity contribution in [1.29, 1.82) is 0 Å². The maximum atomic E-state index is 13.1. The van der Waals surface area contributed by atoms with E-state index >= 15 is 0 Å². The van der Waals surface area contributed by atoms with Crippen molar-refractivity contribution >= 4 is 5.91 Å². The number of aromatic nitrogens is 4. The minimum Gasteiger partial charge on any atom is -0.446 e. The third-order valence-electron chi connectivity index (χ3n) is 4.42. The van der Waals surface area contributed by atoms with Gasteiger partial charge in [-0.15, -0.1) is 0 Å². The number of carbonyl (C=O) groups excluding carboxylic acids is 1. The lowest BCUT2D eigenvalue weighted by atomic mass is 10.0. The molecule has 0 radical (unpaired) electrons. The van der Waals surface area contributed by atoms with Crippen LogP contribution in [0.5, 0.6) is 0 Å². The molecule has 3 rings (SSSR count). The molecule has 0 aliphatic carbocycles. The van der Waals surface area contributed by atoms with Gasteiger partial charge in [0, 0.05) is 38.1 Å². The molecule has 0 atom stereocenters. The zero-order valence-electron chi connectivity index (χ0n) is 16.6. The molecular weight excluding hydrogens is 358 g/mol. The van der Waals surface area contributed by atoms with Crippen molar-refractivity contribution in [2.24, 2.45) is 0 Å². The third-order valence-corrected chi connectivity index (χ3v) is 4.42. The molecule has 0 aliphatic heterocycles. The van der Waals surface area contributed by atoms with E-state index in [1.165, 1.54) is 0 Å². The monoisotopic (exact) mass is 383 g/mol. The molecule has 0 saturated heterocycles. The second-order valence-corrected chi connectivity index (χ2v) is 7.03. The Morgan fingerprint density at radius 3 is 2.71 bits per heavy atom. The molecule has 8 nitrogen and oxygen atoms in total. The van der Waals surface area contributed by atoms with Crippen LogP contribution in [0.2, 0.25) is 0 Å². The maximum absolute atomic E-state index is 13.1. The van der Waals surface area contributed by atoms with E-state index in [-0.39, 0.29) is 5.91 Å². The molecule has 28 heavy (non-hydrogen) atoms. The standard InChI is InChI=1S/C20H25N5O3/c1-5-24(13-9-16-23-17(14(2)28-16)20(3,4)27)19(26)15-8-6-10-21-18(15)25-12-7-11-22-25/h6-8,10-12,27H,5,9,13H2,1-4H3. The molecule has 0 aliphatic rings. The number of pyridine rings is 1. The summed E-state index contributed by atoms with van der Waals surface area (Å²) in [5.74, 6) is 1.45. The predicted molar refractivity (Wildman–Crippen MR) is 103 cm³/mol. The van der Waals surface area contributed by atoms with Gasteiger partial charge in [-0.3, -0.25) is 4.79 Å². The number of likely N-dealkylation sites (N-methyl/N-ethyl adjacent to an activating group) is 1. The predicted octanol–water partition coefficient (Wildman–Crippen LogP) is 2.50. The van der Waals surface area contributed by atoms with Crippen LogP contribution in [0.4, 0.5) is 0 Å². The Bertz CT molecular complexity index is 941. The average Bonchev–Trinajstić information content (AvgIpc) is 3.31. The van der Waals surface area contributed by atoms with Gasteiger partial charge in [-0.25, -0.2) is 14.6 Å². The largest absolute Gasteiger partial charge is 0.446 e. The Morgan fingerprint density at radius 1 is 1.32 bits per heavy atom. The van der Waals surface area contributed by atoms with Crippen LogP contribution in [-0.2, 0) is 12.0 Å². The van der Waals surface area contributed by atoms with Crippen molar-refractivity contribution in [3.05, 3.63) is 59.7 Å². The minimum absolute atomic E-state index is 0.132. The Hall–Kier alpha value is -3.00. The molecule has 1 amide bonds. The van der Waals surface area contributed by atoms with E-state index < -0.39 is 5.60 Å². The van der Waals surface area contributed by atoms with Gasteiger partial charge in [0.1, 0.15) is 17.1 Å². The minimum atomic E-state index is -1.07. The number of aliphatic hydroxyl groups is 1. The fourth-order valence-corrected chi connectivity index (χ4v) is 3.07. The van der Waals surface area contributed by atoms with Crippen molar-refractivity contribution < 1.29 is 14.3 Å². The van der Waals surface area contributed by atoms with Gasteiger partial charge in [0.2, 0.25) is 0 Å². The zero-order valence-corrected chi connectivity index (χ0v) is 16.6. The van der Waals surface area contributed by atoms with E-state index in [2.05, 4.69) is 15.1 Å². The maximum Gasteiger partial charge on any atom is 0.257 e. The van der Waals surface area contributed by atoms with Gasteiger partial charge in [0.15, 0.2) is 11.7 Å². The van der Waals surface area contributed by atoms with Gasteiger partial charge in [0.05, 0.1) is 5.56 Å². The highest BCUT2D eigenvalue weighted by molar-refractivity contribution is 5.97. The van der Waals surface area contributed by atoms with Gasteiger partial charge >= 0.3 is 0 Å². The quantitative estimate of drug-likeness (QED) is 0.673. The second-order valence-electron chi connectivity index (χ2n) is 7.03. The normalized spacial score (nSPS) is 11.6. The van der Waals surface area contributed by atoms with Crippen LogP contribution in [0.1, 0.15) is 48.5 Å². The topological polar surface area (TPSA) is 97.3 Å². The Kier molecular flexibility index (Phi) is 5.60. The van der Waals surface area contributed by atoms with E-state index in [4.69, 9.17) is 4.42 Å². The first-order valence-corrected chi connectivity index (χ1v) is 9.24. The van der Waals surface area contributed by atoms with Crippen LogP contribution in [0.25, 0.3) is 5.82 Å². The molecule has 0 spiro atoms. The summed E-state index contributed by atoms with van der Waals surface area (Å²) in [5.41, 5.74) is -0.0700. The highest BCUT2D eigenvalue weighted by Gasteiger charge is 2.25. The van der Waals surface area contributed by atoms with E-state index in [9.17, 15) is 9.90 Å². The summed E-state index contributed by atoms with van der Waals surface area (Å²) in [6, 6.07) is 5.27. The number of carbonyl (C=O) groups is 1. The van der Waals surface area contributed by atoms with Crippen molar-refractivity contribution in [1.82, 2.24) is 24.6 Å². The smallest absolute Gasteiger partial charge is 0.257 e. The molecule has 148 valence electrons. The zero-order chi connectivity index (χ0) is 20.3. The molecule has 8 heteroatoms. The van der Waals surface area contributed by atoms with E-state index in [0.29, 0.717) is 48.2 Å². The summed E-state index contributed by atoms with van der Waals surface area (Å²) in [6.45, 7) is 8.01. The van der Waals surface area contributed by atoms with E-state index in [1.54, 1.807) is 67.1 Å². The number of rotatable bonds is 7. The van der Waals surface area contributed by atoms with Gasteiger partial charge in [-0.2, -0.15) is 5.10 Å². The number of aryl methyl sites for hydroxylation is 1. The molecule has 0 unspecified atom stereocenters. The summed E-state index contributed by atoms with van der Waals surface area (Å²) >= 11 is 0. The van der Waals surface area contributed by atoms with Crippen LogP contribution >= 0.6 is 0 Å². The van der Waals surface area contributed by atoms with Crippen LogP contribution in [-0.4, -0.2) is 48.8 Å². The molecule has 0 aromatic carbocycles. The molecule has 1 N–H and O–H groups in total. The number of hydrogen-bond donors (Lipinski definition) is 1. The molecule has 3 aromatic rings. The molecule has 3 aromatic heterocycles. The Labute approximate surface area is 163 Å². The van der Waals surface area contributed by atoms with Crippen molar-refractivity contribution in [3.8, 4) is 5.82 Å². The molecule has 3 heterocycles. The first-order valence-electron chi connectivity index (χ1n) is 9.24. The molecule has 0 fully saturated rings. The van der Waals surface area contributed by atoms with Crippen molar-refractivity contribution in [2.45, 2.75) is 39.7 Å². The number of nitrogens with zero attached hydrogens (tertiary/aromatic N) is 5. The summed E-state index contributed by atoms with van der Waals surface area (Å²) in [7, 11) is 0. The van der Waals surface area contributed by atoms with Crippen molar-refractivity contribution in [3.63, 3.8) is 0 Å². The van der Waals surface area contributed by atoms with Gasteiger partial charge in [-0.1, -0.05) is 0 Å². The summed E-state index contributed by atoms with van der Waals surface area (Å²) in [4.78, 5) is 23.5. The molecular formula is C20H25N5O3. The first-order chi connectivity index (χ1) is 13.3. The van der Waals surface area contributed by atoms with Gasteiger partial charge < -0.3 is 14.4 Å². The number of hydrogen-bond acceptors (Lipinski definition) is 6. The van der Waals surface area contributed by atoms with Crippen LogP contribution in [0.15, 0.2) is 41.2 Å². The van der Waals surface area contributed by atoms with E-state index in [1.807, 2.05) is 6.92 Å². The SMILES string of the molecule is CCN(CCc1nc(C(C)(C)O)c(C)o1)C(=O)c1cccnc1-n1cccn1. The lowest BCUT2D eigenvalue weighted by Gasteiger charge is -2.21. The Morgan fingerprint density at radius 2 is 2.11 bits per heavy atom. The fourth-order valence-electron chi connectivity index (χ4n) is 3.07. The summed E-state index contributed by atoms with van der Waals surface area (Å²) in [5, 5.41) is 14.3. The van der Waals surface area contributed by atoms with Crippen molar-refractivity contribution in [2.75, 3.05) is 13.1 Å². The lowest BCUT2D eigenvalue weighted by Crippen LogP contribution is -2.33. The first kappa shape index (κ1) is 19.8. The second kappa shape index (κ2) is 7.93. The molecule has 0 saturated carbocycles. The van der Waals surface area contributed by atoms with Crippen LogP contribution in [0.3, 0.4) is 0 Å². The van der Waals surface area contributed by atoms with Crippen LogP contribution < -0.4 is 0 Å².